The van der Waals surface area contributed by atoms with Crippen molar-refractivity contribution >= 4 is 0 Å². The van der Waals surface area contributed by atoms with Gasteiger partial charge in [0.2, 0.25) is 0 Å². The van der Waals surface area contributed by atoms with Crippen LogP contribution in [0, 0.1) is 0 Å². The lowest BCUT2D eigenvalue weighted by Crippen LogP contribution is -2.11. The number of benzene rings is 3. The van der Waals surface area contributed by atoms with Gasteiger partial charge >= 0.3 is 0 Å². The van der Waals surface area contributed by atoms with E-state index in [-0.39, 0.29) is 6.04 Å². The number of hydrogen-bond donors (Lipinski definition) is 1. The van der Waals surface area contributed by atoms with E-state index in [4.69, 9.17) is 10.5 Å². The molecule has 0 aliphatic rings. The predicted molar refractivity (Wildman–Crippen MR) is 89.7 cm³/mol. The van der Waals surface area contributed by atoms with Crippen LogP contribution >= 0.6 is 0 Å². The van der Waals surface area contributed by atoms with Crippen LogP contribution in [-0.2, 0) is 6.61 Å². The molecular formula is C20H19NO. The molecular weight excluding hydrogens is 270 g/mol. The van der Waals surface area contributed by atoms with E-state index in [1.54, 1.807) is 0 Å². The Labute approximate surface area is 131 Å². The quantitative estimate of drug-likeness (QED) is 0.759. The first-order chi connectivity index (χ1) is 10.8. The summed E-state index contributed by atoms with van der Waals surface area (Å²) in [5.74, 6) is 0.855. The van der Waals surface area contributed by atoms with Crippen molar-refractivity contribution in [2.45, 2.75) is 12.6 Å². The summed E-state index contributed by atoms with van der Waals surface area (Å²) in [5.41, 5.74) is 9.64. The first-order valence-electron chi connectivity index (χ1n) is 7.40. The molecule has 2 N–H and O–H groups in total. The monoisotopic (exact) mass is 289 g/mol. The highest BCUT2D eigenvalue weighted by Crippen LogP contribution is 2.22. The molecule has 0 heterocycles. The second-order valence-corrected chi connectivity index (χ2v) is 5.23. The van der Waals surface area contributed by atoms with E-state index < -0.39 is 0 Å². The average molecular weight is 289 g/mol. The lowest BCUT2D eigenvalue weighted by molar-refractivity contribution is 0.306. The number of hydrogen-bond acceptors (Lipinski definition) is 2. The Balaban J connectivity index is 1.65. The number of nitrogens with two attached hydrogens (primary N) is 1. The van der Waals surface area contributed by atoms with Crippen molar-refractivity contribution in [1.29, 1.82) is 0 Å². The fraction of sp³-hybridized carbons (Fsp3) is 0.100. The Morgan fingerprint density at radius 2 is 1.23 bits per heavy atom. The summed E-state index contributed by atoms with van der Waals surface area (Å²) in [5, 5.41) is 0. The van der Waals surface area contributed by atoms with Crippen molar-refractivity contribution in [3.8, 4) is 5.75 Å². The van der Waals surface area contributed by atoms with Crippen molar-refractivity contribution in [3.05, 3.63) is 102 Å². The van der Waals surface area contributed by atoms with E-state index >= 15 is 0 Å². The molecule has 0 aliphatic heterocycles. The Hall–Kier alpha value is -2.58. The SMILES string of the molecule is N[C@@H](c1ccccc1)c1ccc(OCc2ccccc2)cc1. The number of ether oxygens (including phenoxy) is 1. The van der Waals surface area contributed by atoms with Crippen LogP contribution in [0.4, 0.5) is 0 Å². The van der Waals surface area contributed by atoms with Crippen LogP contribution in [0.1, 0.15) is 22.7 Å². The molecule has 22 heavy (non-hydrogen) atoms. The zero-order valence-corrected chi connectivity index (χ0v) is 12.4. The topological polar surface area (TPSA) is 35.2 Å². The van der Waals surface area contributed by atoms with Gasteiger partial charge in [0.05, 0.1) is 6.04 Å². The van der Waals surface area contributed by atoms with Gasteiger partial charge in [-0.3, -0.25) is 0 Å². The van der Waals surface area contributed by atoms with Crippen LogP contribution in [0.3, 0.4) is 0 Å². The molecule has 110 valence electrons. The molecule has 0 unspecified atom stereocenters. The van der Waals surface area contributed by atoms with Gasteiger partial charge < -0.3 is 10.5 Å². The van der Waals surface area contributed by atoms with Crippen LogP contribution in [0.25, 0.3) is 0 Å². The summed E-state index contributed by atoms with van der Waals surface area (Å²) in [6.45, 7) is 0.574. The molecule has 0 amide bonds. The molecule has 0 radical (unpaired) electrons. The van der Waals surface area contributed by atoms with Gasteiger partial charge in [0.15, 0.2) is 0 Å². The highest BCUT2D eigenvalue weighted by molar-refractivity contribution is 5.35. The minimum absolute atomic E-state index is 0.107. The first-order valence-corrected chi connectivity index (χ1v) is 7.40. The summed E-state index contributed by atoms with van der Waals surface area (Å²) >= 11 is 0. The van der Waals surface area contributed by atoms with Crippen LogP contribution < -0.4 is 10.5 Å². The van der Waals surface area contributed by atoms with Gasteiger partial charge in [-0.1, -0.05) is 72.8 Å². The molecule has 0 aliphatic carbocycles. The van der Waals surface area contributed by atoms with Crippen molar-refractivity contribution < 1.29 is 4.74 Å². The normalized spacial score (nSPS) is 11.9. The summed E-state index contributed by atoms with van der Waals surface area (Å²) in [6, 6.07) is 28.1. The van der Waals surface area contributed by atoms with Crippen molar-refractivity contribution in [2.24, 2.45) is 5.73 Å². The molecule has 3 aromatic carbocycles. The van der Waals surface area contributed by atoms with Gasteiger partial charge in [-0.25, -0.2) is 0 Å². The molecule has 0 spiro atoms. The standard InChI is InChI=1S/C20H19NO/c21-20(17-9-5-2-6-10-17)18-11-13-19(14-12-18)22-15-16-7-3-1-4-8-16/h1-14,20H,15,21H2/t20-/m0/s1. The van der Waals surface area contributed by atoms with Crippen LogP contribution in [0.2, 0.25) is 0 Å². The predicted octanol–water partition coefficient (Wildman–Crippen LogP) is 4.31. The van der Waals surface area contributed by atoms with E-state index in [9.17, 15) is 0 Å². The average Bonchev–Trinajstić information content (AvgIpc) is 2.61. The highest BCUT2D eigenvalue weighted by atomic mass is 16.5. The number of rotatable bonds is 5. The van der Waals surface area contributed by atoms with Gasteiger partial charge in [0, 0.05) is 0 Å². The van der Waals surface area contributed by atoms with E-state index in [0.717, 1.165) is 22.4 Å². The molecule has 1 atom stereocenters. The maximum absolute atomic E-state index is 6.29. The second kappa shape index (κ2) is 6.92. The largest absolute Gasteiger partial charge is 0.489 e. The maximum Gasteiger partial charge on any atom is 0.119 e. The highest BCUT2D eigenvalue weighted by Gasteiger charge is 2.08. The molecule has 0 saturated heterocycles. The zero-order chi connectivity index (χ0) is 15.2. The zero-order valence-electron chi connectivity index (χ0n) is 12.4. The molecule has 2 nitrogen and oxygen atoms in total. The third kappa shape index (κ3) is 3.54. The first kappa shape index (κ1) is 14.4. The molecule has 3 rings (SSSR count). The lowest BCUT2D eigenvalue weighted by Gasteiger charge is -2.13. The fourth-order valence-corrected chi connectivity index (χ4v) is 2.37. The van der Waals surface area contributed by atoms with Gasteiger partial charge in [0.25, 0.3) is 0 Å². The lowest BCUT2D eigenvalue weighted by atomic mass is 10.00. The van der Waals surface area contributed by atoms with Gasteiger partial charge in [-0.05, 0) is 28.8 Å². The third-order valence-electron chi connectivity index (χ3n) is 3.65. The van der Waals surface area contributed by atoms with Crippen molar-refractivity contribution in [3.63, 3.8) is 0 Å². The summed E-state index contributed by atoms with van der Waals surface area (Å²) in [7, 11) is 0. The van der Waals surface area contributed by atoms with Gasteiger partial charge in [-0.15, -0.1) is 0 Å². The fourth-order valence-electron chi connectivity index (χ4n) is 2.37. The maximum atomic E-state index is 6.29. The molecule has 0 aromatic heterocycles. The molecule has 3 aromatic rings. The Bertz CT molecular complexity index is 693. The van der Waals surface area contributed by atoms with Crippen molar-refractivity contribution in [1.82, 2.24) is 0 Å². The van der Waals surface area contributed by atoms with Gasteiger partial charge in [0.1, 0.15) is 12.4 Å². The minimum Gasteiger partial charge on any atom is -0.489 e. The Morgan fingerprint density at radius 1 is 0.682 bits per heavy atom. The smallest absolute Gasteiger partial charge is 0.119 e. The Kier molecular flexibility index (Phi) is 4.52. The molecule has 2 heteroatoms. The summed E-state index contributed by atoms with van der Waals surface area (Å²) in [6.07, 6.45) is 0. The minimum atomic E-state index is -0.107. The molecule has 0 saturated carbocycles. The Morgan fingerprint density at radius 3 is 1.86 bits per heavy atom. The summed E-state index contributed by atoms with van der Waals surface area (Å²) in [4.78, 5) is 0. The molecule has 0 bridgehead atoms. The van der Waals surface area contributed by atoms with E-state index in [1.807, 2.05) is 72.8 Å². The third-order valence-corrected chi connectivity index (χ3v) is 3.65. The van der Waals surface area contributed by atoms with E-state index in [2.05, 4.69) is 12.1 Å². The van der Waals surface area contributed by atoms with Gasteiger partial charge in [-0.2, -0.15) is 0 Å². The van der Waals surface area contributed by atoms with Crippen LogP contribution in [0.15, 0.2) is 84.9 Å². The summed E-state index contributed by atoms with van der Waals surface area (Å²) < 4.78 is 5.79. The second-order valence-electron chi connectivity index (χ2n) is 5.23. The van der Waals surface area contributed by atoms with E-state index in [1.165, 1.54) is 0 Å². The van der Waals surface area contributed by atoms with Crippen LogP contribution in [0.5, 0.6) is 5.75 Å². The van der Waals surface area contributed by atoms with E-state index in [0.29, 0.717) is 6.61 Å². The van der Waals surface area contributed by atoms with Crippen molar-refractivity contribution in [2.75, 3.05) is 0 Å². The molecule has 0 fully saturated rings. The van der Waals surface area contributed by atoms with Crippen LogP contribution in [-0.4, -0.2) is 0 Å².